The van der Waals surface area contributed by atoms with Gasteiger partial charge in [0.15, 0.2) is 0 Å². The summed E-state index contributed by atoms with van der Waals surface area (Å²) in [6, 6.07) is 1.99. The van der Waals surface area contributed by atoms with Crippen molar-refractivity contribution in [2.45, 2.75) is 72.0 Å². The summed E-state index contributed by atoms with van der Waals surface area (Å²) in [7, 11) is 1.66. The van der Waals surface area contributed by atoms with Crippen molar-refractivity contribution in [2.24, 2.45) is 0 Å². The summed E-state index contributed by atoms with van der Waals surface area (Å²) < 4.78 is 5.83. The maximum absolute atomic E-state index is 12.0. The number of methoxy groups -OCH3 is 1. The highest BCUT2D eigenvalue weighted by Crippen LogP contribution is 2.45. The van der Waals surface area contributed by atoms with Crippen LogP contribution in [-0.2, 0) is 0 Å². The largest absolute Gasteiger partial charge is 0.496 e. The molecule has 0 aliphatic carbocycles. The van der Waals surface area contributed by atoms with Crippen molar-refractivity contribution in [3.05, 3.63) is 27.8 Å². The Balaban J connectivity index is 2.53. The number of likely N-dealkylation sites (tertiary alicyclic amines) is 1. The fraction of sp³-hybridized carbons (Fsp3) is 0.667. The topological polar surface area (TPSA) is 53.0 Å². The van der Waals surface area contributed by atoms with E-state index >= 15 is 0 Å². The second-order valence-electron chi connectivity index (χ2n) is 8.76. The summed E-state index contributed by atoms with van der Waals surface area (Å²) in [5.74, 6) is 1.12. The van der Waals surface area contributed by atoms with Gasteiger partial charge in [-0.1, -0.05) is 11.6 Å². The molecule has 1 heterocycles. The number of halogens is 1. The first-order valence-corrected chi connectivity index (χ1v) is 9.91. The van der Waals surface area contributed by atoms with Gasteiger partial charge in [-0.15, -0.1) is 0 Å². The van der Waals surface area contributed by atoms with E-state index in [9.17, 15) is 9.90 Å². The maximum atomic E-state index is 12.0. The summed E-state index contributed by atoms with van der Waals surface area (Å²) in [5, 5.41) is 10.5. The third-order valence-corrected chi connectivity index (χ3v) is 5.96. The Bertz CT molecular complexity index is 706. The van der Waals surface area contributed by atoms with Crippen LogP contribution in [0, 0.1) is 6.92 Å². The molecule has 1 saturated heterocycles. The molecule has 152 valence electrons. The average Bonchev–Trinajstić information content (AvgIpc) is 2.47. The Hall–Kier alpha value is -1.46. The summed E-state index contributed by atoms with van der Waals surface area (Å²) in [4.78, 5) is 15.8. The molecular weight excluding hydrogens is 364 g/mol. The normalized spacial score (nSPS) is 17.0. The van der Waals surface area contributed by atoms with E-state index in [1.54, 1.807) is 7.11 Å². The van der Waals surface area contributed by atoms with E-state index in [0.29, 0.717) is 17.0 Å². The van der Waals surface area contributed by atoms with Crippen molar-refractivity contribution in [3.63, 3.8) is 0 Å². The molecule has 0 bridgehead atoms. The number of carbonyl (C=O) groups is 1. The molecule has 6 heteroatoms. The standard InChI is InChI=1S/C21H33ClN2O3/c1-12(2)23-10-15(11-23)18-13(3)17(22)9-16(19(18)27-8)14(4)24(20(25)26)21(5,6)7/h9,12,14-15H,10-11H2,1-8H3,(H,25,26). The lowest BCUT2D eigenvalue weighted by molar-refractivity contribution is 0.0742. The van der Waals surface area contributed by atoms with Crippen LogP contribution in [0.5, 0.6) is 5.75 Å². The van der Waals surface area contributed by atoms with E-state index in [-0.39, 0.29) is 6.04 Å². The van der Waals surface area contributed by atoms with Gasteiger partial charge >= 0.3 is 6.09 Å². The van der Waals surface area contributed by atoms with Crippen molar-refractivity contribution in [1.82, 2.24) is 9.80 Å². The van der Waals surface area contributed by atoms with Gasteiger partial charge in [0, 0.05) is 46.7 Å². The zero-order valence-corrected chi connectivity index (χ0v) is 18.5. The Morgan fingerprint density at radius 1 is 1.33 bits per heavy atom. The van der Waals surface area contributed by atoms with Gasteiger partial charge in [0.1, 0.15) is 5.75 Å². The second-order valence-corrected chi connectivity index (χ2v) is 9.17. The van der Waals surface area contributed by atoms with Crippen LogP contribution in [0.2, 0.25) is 5.02 Å². The van der Waals surface area contributed by atoms with E-state index in [0.717, 1.165) is 35.5 Å². The molecule has 5 nitrogen and oxygen atoms in total. The summed E-state index contributed by atoms with van der Waals surface area (Å²) >= 11 is 6.58. The summed E-state index contributed by atoms with van der Waals surface area (Å²) in [6.07, 6.45) is -0.954. The van der Waals surface area contributed by atoms with Crippen LogP contribution in [0.4, 0.5) is 4.79 Å². The van der Waals surface area contributed by atoms with Gasteiger partial charge in [0.2, 0.25) is 0 Å². The molecule has 1 unspecified atom stereocenters. The lowest BCUT2D eigenvalue weighted by atomic mass is 9.84. The molecule has 2 rings (SSSR count). The fourth-order valence-electron chi connectivity index (χ4n) is 4.08. The van der Waals surface area contributed by atoms with Gasteiger partial charge in [-0.25, -0.2) is 4.79 Å². The molecule has 1 fully saturated rings. The molecule has 1 aliphatic heterocycles. The summed E-state index contributed by atoms with van der Waals surface area (Å²) in [6.45, 7) is 15.9. The first kappa shape index (κ1) is 21.8. The van der Waals surface area contributed by atoms with Crippen LogP contribution in [0.3, 0.4) is 0 Å². The summed E-state index contributed by atoms with van der Waals surface area (Å²) in [5.41, 5.74) is 2.42. The highest BCUT2D eigenvalue weighted by Gasteiger charge is 2.37. The first-order chi connectivity index (χ1) is 12.4. The van der Waals surface area contributed by atoms with Crippen LogP contribution in [0.1, 0.15) is 70.2 Å². The number of amides is 1. The van der Waals surface area contributed by atoms with Gasteiger partial charge in [-0.3, -0.25) is 9.80 Å². The van der Waals surface area contributed by atoms with Gasteiger partial charge in [-0.05, 0) is 60.1 Å². The minimum atomic E-state index is -0.954. The Kier molecular flexibility index (Phi) is 6.37. The molecule has 1 aliphatic rings. The molecule has 27 heavy (non-hydrogen) atoms. The predicted octanol–water partition coefficient (Wildman–Crippen LogP) is 5.30. The molecule has 1 aromatic carbocycles. The van der Waals surface area contributed by atoms with Crippen LogP contribution < -0.4 is 4.74 Å². The Morgan fingerprint density at radius 3 is 2.30 bits per heavy atom. The molecule has 1 atom stereocenters. The molecule has 0 radical (unpaired) electrons. The number of carboxylic acid groups (broad SMARTS) is 1. The van der Waals surface area contributed by atoms with Crippen molar-refractivity contribution < 1.29 is 14.6 Å². The quantitative estimate of drug-likeness (QED) is 0.733. The molecule has 0 spiro atoms. The monoisotopic (exact) mass is 396 g/mol. The van der Waals surface area contributed by atoms with E-state index in [2.05, 4.69) is 18.7 Å². The van der Waals surface area contributed by atoms with Gasteiger partial charge < -0.3 is 9.84 Å². The Labute approximate surface area is 168 Å². The minimum absolute atomic E-state index is 0.347. The number of rotatable bonds is 5. The maximum Gasteiger partial charge on any atom is 0.408 e. The third kappa shape index (κ3) is 4.19. The van der Waals surface area contributed by atoms with Crippen molar-refractivity contribution in [2.75, 3.05) is 20.2 Å². The van der Waals surface area contributed by atoms with E-state index in [4.69, 9.17) is 16.3 Å². The molecule has 0 saturated carbocycles. The van der Waals surface area contributed by atoms with Crippen molar-refractivity contribution in [1.29, 1.82) is 0 Å². The number of hydrogen-bond donors (Lipinski definition) is 1. The van der Waals surface area contributed by atoms with E-state index in [1.807, 2.05) is 40.7 Å². The third-order valence-electron chi connectivity index (χ3n) is 5.57. The van der Waals surface area contributed by atoms with Crippen LogP contribution >= 0.6 is 11.6 Å². The highest BCUT2D eigenvalue weighted by molar-refractivity contribution is 6.31. The zero-order chi connectivity index (χ0) is 20.7. The number of nitrogens with zero attached hydrogens (tertiary/aromatic N) is 2. The fourth-order valence-corrected chi connectivity index (χ4v) is 4.30. The lowest BCUT2D eigenvalue weighted by Gasteiger charge is -2.44. The average molecular weight is 397 g/mol. The van der Waals surface area contributed by atoms with Gasteiger partial charge in [-0.2, -0.15) is 0 Å². The lowest BCUT2D eigenvalue weighted by Crippen LogP contribution is -2.49. The van der Waals surface area contributed by atoms with Crippen LogP contribution in [-0.4, -0.2) is 52.8 Å². The van der Waals surface area contributed by atoms with Crippen LogP contribution in [0.25, 0.3) is 0 Å². The first-order valence-electron chi connectivity index (χ1n) is 9.53. The van der Waals surface area contributed by atoms with Gasteiger partial charge in [0.25, 0.3) is 0 Å². The van der Waals surface area contributed by atoms with Gasteiger partial charge in [0.05, 0.1) is 13.2 Å². The number of benzene rings is 1. The van der Waals surface area contributed by atoms with E-state index < -0.39 is 11.6 Å². The number of ether oxygens (including phenoxy) is 1. The smallest absolute Gasteiger partial charge is 0.408 e. The molecule has 1 aromatic rings. The van der Waals surface area contributed by atoms with Crippen LogP contribution in [0.15, 0.2) is 6.07 Å². The molecule has 0 aromatic heterocycles. The molecular formula is C21H33ClN2O3. The second kappa shape index (κ2) is 7.88. The van der Waals surface area contributed by atoms with E-state index in [1.165, 1.54) is 4.90 Å². The molecule has 1 amide bonds. The zero-order valence-electron chi connectivity index (χ0n) is 17.8. The van der Waals surface area contributed by atoms with Crippen molar-refractivity contribution >= 4 is 17.7 Å². The Morgan fingerprint density at radius 2 is 1.89 bits per heavy atom. The molecule has 1 N–H and O–H groups in total. The SMILES string of the molecule is COc1c(C(C)N(C(=O)O)C(C)(C)C)cc(Cl)c(C)c1C1CN(C(C)C)C1. The highest BCUT2D eigenvalue weighted by atomic mass is 35.5. The predicted molar refractivity (Wildman–Crippen MR) is 110 cm³/mol. The number of hydrogen-bond acceptors (Lipinski definition) is 3. The van der Waals surface area contributed by atoms with Crippen molar-refractivity contribution in [3.8, 4) is 5.75 Å². The minimum Gasteiger partial charge on any atom is -0.496 e.